The van der Waals surface area contributed by atoms with Crippen molar-refractivity contribution in [3.05, 3.63) is 0 Å². The minimum absolute atomic E-state index is 0.0205. The summed E-state index contributed by atoms with van der Waals surface area (Å²) in [6, 6.07) is 0. The van der Waals surface area contributed by atoms with Gasteiger partial charge in [0.25, 0.3) is 0 Å². The lowest BCUT2D eigenvalue weighted by molar-refractivity contribution is -0.160. The van der Waals surface area contributed by atoms with Crippen molar-refractivity contribution in [2.45, 2.75) is 62.6 Å². The molecule has 0 aromatic carbocycles. The Balaban J connectivity index is 1.43. The van der Waals surface area contributed by atoms with Crippen molar-refractivity contribution in [3.63, 3.8) is 0 Å². The number of piperidine rings is 1. The highest BCUT2D eigenvalue weighted by Gasteiger charge is 2.60. The molecule has 5 heteroatoms. The lowest BCUT2D eigenvalue weighted by Gasteiger charge is -2.60. The summed E-state index contributed by atoms with van der Waals surface area (Å²) in [7, 11) is 0. The molecule has 2 atom stereocenters. The third-order valence-electron chi connectivity index (χ3n) is 6.85. The van der Waals surface area contributed by atoms with Gasteiger partial charge in [-0.3, -0.25) is 9.59 Å². The molecule has 134 valence electrons. The van der Waals surface area contributed by atoms with Crippen LogP contribution in [0.4, 0.5) is 0 Å². The summed E-state index contributed by atoms with van der Waals surface area (Å²) in [5.41, 5.74) is -0.121. The van der Waals surface area contributed by atoms with Gasteiger partial charge in [0.05, 0.1) is 17.9 Å². The van der Waals surface area contributed by atoms with Crippen LogP contribution in [0, 0.1) is 23.2 Å². The topological polar surface area (TPSA) is 46.6 Å². The minimum atomic E-state index is -0.121. The number of rotatable bonds is 3. The molecule has 4 aliphatic carbocycles. The van der Waals surface area contributed by atoms with Gasteiger partial charge in [0.1, 0.15) is 0 Å². The summed E-state index contributed by atoms with van der Waals surface area (Å²) in [5, 5.41) is 0. The molecule has 1 saturated heterocycles. The second kappa shape index (κ2) is 6.00. The average Bonchev–Trinajstić information content (AvgIpc) is 2.52. The summed E-state index contributed by atoms with van der Waals surface area (Å²) in [6.07, 6.45) is 8.55. The lowest BCUT2D eigenvalue weighted by atomic mass is 9.49. The molecule has 2 unspecified atom stereocenters. The van der Waals surface area contributed by atoms with E-state index in [2.05, 4.69) is 20.8 Å². The second-order valence-electron chi connectivity index (χ2n) is 8.71. The maximum Gasteiger partial charge on any atom is 0.309 e. The number of nitrogens with zero attached hydrogens (tertiary/aromatic N) is 1. The Kier molecular flexibility index (Phi) is 4.21. The van der Waals surface area contributed by atoms with E-state index in [-0.39, 0.29) is 21.6 Å². The Morgan fingerprint density at radius 2 is 1.75 bits per heavy atom. The number of hydrogen-bond donors (Lipinski definition) is 0. The molecule has 5 rings (SSSR count). The van der Waals surface area contributed by atoms with Gasteiger partial charge < -0.3 is 9.64 Å². The van der Waals surface area contributed by atoms with Crippen LogP contribution in [0.5, 0.6) is 0 Å². The van der Waals surface area contributed by atoms with Gasteiger partial charge in [0, 0.05) is 17.4 Å². The van der Waals surface area contributed by atoms with Gasteiger partial charge in [0.2, 0.25) is 5.91 Å². The lowest BCUT2D eigenvalue weighted by Crippen LogP contribution is -2.59. The van der Waals surface area contributed by atoms with Crippen molar-refractivity contribution >= 4 is 27.8 Å². The molecule has 1 aliphatic heterocycles. The van der Waals surface area contributed by atoms with Gasteiger partial charge in [-0.25, -0.2) is 0 Å². The highest BCUT2D eigenvalue weighted by molar-refractivity contribution is 9.10. The molecule has 4 nitrogen and oxygen atoms in total. The molecule has 1 amide bonds. The number of likely N-dealkylation sites (tertiary alicyclic amines) is 1. The first-order chi connectivity index (χ1) is 11.4. The van der Waals surface area contributed by atoms with Gasteiger partial charge in [-0.1, -0.05) is 15.9 Å². The zero-order valence-electron chi connectivity index (χ0n) is 14.6. The van der Waals surface area contributed by atoms with E-state index in [1.165, 1.54) is 19.3 Å². The monoisotopic (exact) mass is 397 g/mol. The number of halogens is 1. The third-order valence-corrected chi connectivity index (χ3v) is 7.77. The molecule has 4 bridgehead atoms. The fourth-order valence-corrected chi connectivity index (χ4v) is 7.77. The van der Waals surface area contributed by atoms with Gasteiger partial charge in [-0.05, 0) is 70.1 Å². The van der Waals surface area contributed by atoms with Gasteiger partial charge in [-0.15, -0.1) is 0 Å². The first kappa shape index (κ1) is 16.9. The van der Waals surface area contributed by atoms with Crippen LogP contribution in [-0.2, 0) is 14.3 Å². The van der Waals surface area contributed by atoms with Crippen molar-refractivity contribution in [2.75, 3.05) is 19.7 Å². The Labute approximate surface area is 152 Å². The fourth-order valence-electron chi connectivity index (χ4n) is 6.31. The van der Waals surface area contributed by atoms with Gasteiger partial charge in [0.15, 0.2) is 0 Å². The van der Waals surface area contributed by atoms with Crippen molar-refractivity contribution in [2.24, 2.45) is 23.2 Å². The Morgan fingerprint density at radius 1 is 1.12 bits per heavy atom. The highest BCUT2D eigenvalue weighted by atomic mass is 79.9. The first-order valence-corrected chi connectivity index (χ1v) is 10.4. The number of carbonyl (C=O) groups excluding carboxylic acids is 2. The third kappa shape index (κ3) is 2.81. The number of carbonyl (C=O) groups is 2. The number of ether oxygens (including phenoxy) is 1. The van der Waals surface area contributed by atoms with Crippen molar-refractivity contribution in [1.82, 2.24) is 4.90 Å². The van der Waals surface area contributed by atoms with E-state index in [0.29, 0.717) is 25.6 Å². The number of amides is 1. The molecule has 1 heterocycles. The number of alkyl halides is 1. The van der Waals surface area contributed by atoms with Gasteiger partial charge in [-0.2, -0.15) is 0 Å². The molecule has 0 aromatic heterocycles. The van der Waals surface area contributed by atoms with E-state index in [1.54, 1.807) is 0 Å². The summed E-state index contributed by atoms with van der Waals surface area (Å²) in [5.74, 6) is 1.73. The molecule has 5 fully saturated rings. The molecule has 0 spiro atoms. The largest absolute Gasteiger partial charge is 0.466 e. The van der Waals surface area contributed by atoms with E-state index < -0.39 is 0 Å². The Morgan fingerprint density at radius 3 is 2.29 bits per heavy atom. The summed E-state index contributed by atoms with van der Waals surface area (Å²) >= 11 is 4.00. The van der Waals surface area contributed by atoms with Crippen LogP contribution >= 0.6 is 15.9 Å². The zero-order chi connectivity index (χ0) is 16.9. The maximum atomic E-state index is 13.4. The molecule has 5 aliphatic rings. The normalized spacial score (nSPS) is 41.5. The van der Waals surface area contributed by atoms with E-state index >= 15 is 0 Å². The average molecular weight is 398 g/mol. The van der Waals surface area contributed by atoms with Gasteiger partial charge >= 0.3 is 5.97 Å². The number of esters is 1. The van der Waals surface area contributed by atoms with E-state index in [0.717, 1.165) is 43.9 Å². The maximum absolute atomic E-state index is 13.4. The predicted molar refractivity (Wildman–Crippen MR) is 94.7 cm³/mol. The SMILES string of the molecule is CCOC(=O)C1CCN(C(=O)C23CC4CC(CC(Br)(C4)C2)C3)CC1. The molecule has 0 aromatic rings. The van der Waals surface area contributed by atoms with E-state index in [9.17, 15) is 9.59 Å². The smallest absolute Gasteiger partial charge is 0.309 e. The molecular weight excluding hydrogens is 370 g/mol. The molecule has 24 heavy (non-hydrogen) atoms. The Bertz CT molecular complexity index is 527. The minimum Gasteiger partial charge on any atom is -0.466 e. The zero-order valence-corrected chi connectivity index (χ0v) is 16.1. The van der Waals surface area contributed by atoms with E-state index in [4.69, 9.17) is 4.74 Å². The summed E-state index contributed by atoms with van der Waals surface area (Å²) in [6.45, 7) is 3.72. The van der Waals surface area contributed by atoms with Crippen LogP contribution in [0.2, 0.25) is 0 Å². The quantitative estimate of drug-likeness (QED) is 0.540. The van der Waals surface area contributed by atoms with E-state index in [1.807, 2.05) is 6.92 Å². The standard InChI is InChI=1S/C19H28BrNO3/c1-2-24-16(22)15-3-5-21(6-4-15)17(23)18-8-13-7-14(9-18)11-19(20,10-13)12-18/h13-15H,2-12H2,1H3. The molecule has 4 saturated carbocycles. The number of hydrogen-bond acceptors (Lipinski definition) is 3. The predicted octanol–water partition coefficient (Wildman–Crippen LogP) is 3.52. The van der Waals surface area contributed by atoms with Crippen LogP contribution in [0.25, 0.3) is 0 Å². The van der Waals surface area contributed by atoms with Crippen molar-refractivity contribution in [3.8, 4) is 0 Å². The Hall–Kier alpha value is -0.580. The van der Waals surface area contributed by atoms with Crippen LogP contribution in [-0.4, -0.2) is 40.8 Å². The molecule has 0 radical (unpaired) electrons. The van der Waals surface area contributed by atoms with Crippen molar-refractivity contribution in [1.29, 1.82) is 0 Å². The first-order valence-electron chi connectivity index (χ1n) is 9.58. The summed E-state index contributed by atoms with van der Waals surface area (Å²) < 4.78 is 5.36. The van der Waals surface area contributed by atoms with Crippen molar-refractivity contribution < 1.29 is 14.3 Å². The molecular formula is C19H28BrNO3. The van der Waals surface area contributed by atoms with Crippen LogP contribution in [0.3, 0.4) is 0 Å². The van der Waals surface area contributed by atoms with Crippen LogP contribution in [0.1, 0.15) is 58.3 Å². The molecule has 0 N–H and O–H groups in total. The van der Waals surface area contributed by atoms with Crippen LogP contribution < -0.4 is 0 Å². The second-order valence-corrected chi connectivity index (χ2v) is 10.4. The fraction of sp³-hybridized carbons (Fsp3) is 0.895. The summed E-state index contributed by atoms with van der Waals surface area (Å²) in [4.78, 5) is 27.3. The van der Waals surface area contributed by atoms with Crippen LogP contribution in [0.15, 0.2) is 0 Å². The highest BCUT2D eigenvalue weighted by Crippen LogP contribution is 2.64.